The van der Waals surface area contributed by atoms with Gasteiger partial charge in [-0.1, -0.05) is 0 Å². The molecule has 1 aromatic carbocycles. The number of benzene rings is 1. The number of halogens is 2. The molecule has 0 amide bonds. The fourth-order valence-corrected chi connectivity index (χ4v) is 2.13. The average Bonchev–Trinajstić information content (AvgIpc) is 2.02. The van der Waals surface area contributed by atoms with Crippen LogP contribution in [0.25, 0.3) is 0 Å². The van der Waals surface area contributed by atoms with E-state index in [2.05, 4.69) is 15.9 Å². The van der Waals surface area contributed by atoms with Crippen molar-refractivity contribution in [1.82, 2.24) is 0 Å². The molecule has 78 valence electrons. The first kappa shape index (κ1) is 11.3. The van der Waals surface area contributed by atoms with Crippen molar-refractivity contribution in [2.75, 3.05) is 7.11 Å². The molecule has 0 spiro atoms. The molecule has 0 saturated heterocycles. The second-order valence-electron chi connectivity index (χ2n) is 2.93. The zero-order valence-corrected chi connectivity index (χ0v) is 9.43. The number of phenols is 1. The minimum Gasteiger partial charge on any atom is -0.504 e. The number of hydrogen-bond donors (Lipinski definition) is 2. The number of ether oxygens (including phenoxy) is 1. The Bertz CT molecular complexity index is 355. The van der Waals surface area contributed by atoms with Gasteiger partial charge in [-0.25, -0.2) is 4.39 Å². The van der Waals surface area contributed by atoms with Crippen LogP contribution < -0.4 is 10.5 Å². The van der Waals surface area contributed by atoms with Gasteiger partial charge in [0, 0.05) is 17.7 Å². The largest absolute Gasteiger partial charge is 0.504 e. The van der Waals surface area contributed by atoms with Crippen molar-refractivity contribution < 1.29 is 14.2 Å². The maximum Gasteiger partial charge on any atom is 0.175 e. The van der Waals surface area contributed by atoms with E-state index < -0.39 is 11.9 Å². The zero-order valence-electron chi connectivity index (χ0n) is 7.84. The second-order valence-corrected chi connectivity index (χ2v) is 3.72. The Morgan fingerprint density at radius 3 is 2.64 bits per heavy atom. The summed E-state index contributed by atoms with van der Waals surface area (Å²) < 4.78 is 18.6. The molecule has 5 heteroatoms. The van der Waals surface area contributed by atoms with Crippen molar-refractivity contribution in [3.05, 3.63) is 21.9 Å². The molecule has 0 aliphatic heterocycles. The van der Waals surface area contributed by atoms with Crippen LogP contribution in [-0.4, -0.2) is 12.2 Å². The molecule has 0 bridgehead atoms. The highest BCUT2D eigenvalue weighted by atomic mass is 79.9. The van der Waals surface area contributed by atoms with E-state index >= 15 is 0 Å². The SMILES string of the molecule is COc1c(O)cc(F)c(C(C)N)c1Br. The highest BCUT2D eigenvalue weighted by Crippen LogP contribution is 2.40. The summed E-state index contributed by atoms with van der Waals surface area (Å²) in [7, 11) is 1.39. The first-order chi connectivity index (χ1) is 6.49. The molecule has 0 aromatic heterocycles. The van der Waals surface area contributed by atoms with Gasteiger partial charge in [0.15, 0.2) is 11.5 Å². The van der Waals surface area contributed by atoms with Crippen LogP contribution in [0.2, 0.25) is 0 Å². The van der Waals surface area contributed by atoms with Crippen molar-refractivity contribution in [1.29, 1.82) is 0 Å². The standard InChI is InChI=1S/C9H11BrFNO2/c1-4(12)7-5(11)3-6(13)9(14-2)8(7)10/h3-4,13H,12H2,1-2H3. The summed E-state index contributed by atoms with van der Waals surface area (Å²) in [6.45, 7) is 1.65. The topological polar surface area (TPSA) is 55.5 Å². The maximum absolute atomic E-state index is 13.4. The third-order valence-electron chi connectivity index (χ3n) is 1.85. The molecule has 0 radical (unpaired) electrons. The quantitative estimate of drug-likeness (QED) is 0.861. The fourth-order valence-electron chi connectivity index (χ4n) is 1.21. The minimum absolute atomic E-state index is 0.193. The van der Waals surface area contributed by atoms with Crippen LogP contribution in [0.1, 0.15) is 18.5 Å². The monoisotopic (exact) mass is 263 g/mol. The molecule has 0 aliphatic rings. The molecule has 3 nitrogen and oxygen atoms in total. The number of phenolic OH excluding ortho intramolecular Hbond substituents is 1. The van der Waals surface area contributed by atoms with Gasteiger partial charge >= 0.3 is 0 Å². The molecule has 3 N–H and O–H groups in total. The van der Waals surface area contributed by atoms with E-state index in [4.69, 9.17) is 10.5 Å². The summed E-state index contributed by atoms with van der Waals surface area (Å²) in [5.41, 5.74) is 5.87. The summed E-state index contributed by atoms with van der Waals surface area (Å²) in [6.07, 6.45) is 0. The second kappa shape index (κ2) is 4.14. The van der Waals surface area contributed by atoms with Crippen LogP contribution in [0, 0.1) is 5.82 Å². The van der Waals surface area contributed by atoms with Gasteiger partial charge in [0.2, 0.25) is 0 Å². The predicted octanol–water partition coefficient (Wildman–Crippen LogP) is 2.32. The Morgan fingerprint density at radius 2 is 2.21 bits per heavy atom. The lowest BCUT2D eigenvalue weighted by Gasteiger charge is -2.14. The molecular formula is C9H11BrFNO2. The first-order valence-electron chi connectivity index (χ1n) is 3.99. The van der Waals surface area contributed by atoms with Crippen molar-refractivity contribution >= 4 is 15.9 Å². The van der Waals surface area contributed by atoms with Crippen molar-refractivity contribution in [3.63, 3.8) is 0 Å². The van der Waals surface area contributed by atoms with Gasteiger partial charge < -0.3 is 15.6 Å². The van der Waals surface area contributed by atoms with Crippen LogP contribution in [0.5, 0.6) is 11.5 Å². The minimum atomic E-state index is -0.551. The first-order valence-corrected chi connectivity index (χ1v) is 4.78. The zero-order chi connectivity index (χ0) is 10.9. The van der Waals surface area contributed by atoms with Gasteiger partial charge in [-0.05, 0) is 22.9 Å². The molecule has 1 atom stereocenters. The molecule has 0 saturated carbocycles. The van der Waals surface area contributed by atoms with Gasteiger partial charge in [0.25, 0.3) is 0 Å². The van der Waals surface area contributed by atoms with Crippen molar-refractivity contribution in [3.8, 4) is 11.5 Å². The molecule has 1 unspecified atom stereocenters. The fraction of sp³-hybridized carbons (Fsp3) is 0.333. The normalized spacial score (nSPS) is 12.6. The van der Waals surface area contributed by atoms with Gasteiger partial charge in [0.05, 0.1) is 11.6 Å². The number of rotatable bonds is 2. The van der Waals surface area contributed by atoms with Crippen molar-refractivity contribution in [2.24, 2.45) is 5.73 Å². The summed E-state index contributed by atoms with van der Waals surface area (Å²) in [5, 5.41) is 9.34. The highest BCUT2D eigenvalue weighted by molar-refractivity contribution is 9.10. The summed E-state index contributed by atoms with van der Waals surface area (Å²) >= 11 is 3.14. The number of methoxy groups -OCH3 is 1. The molecule has 0 aliphatic carbocycles. The Morgan fingerprint density at radius 1 is 1.64 bits per heavy atom. The van der Waals surface area contributed by atoms with E-state index in [1.807, 2.05) is 0 Å². The molecular weight excluding hydrogens is 253 g/mol. The number of aromatic hydroxyl groups is 1. The van der Waals surface area contributed by atoms with Crippen LogP contribution >= 0.6 is 15.9 Å². The number of hydrogen-bond acceptors (Lipinski definition) is 3. The van der Waals surface area contributed by atoms with E-state index in [0.717, 1.165) is 6.07 Å². The third kappa shape index (κ3) is 1.83. The molecule has 1 rings (SSSR count). The summed E-state index contributed by atoms with van der Waals surface area (Å²) in [5.74, 6) is -0.606. The van der Waals surface area contributed by atoms with Crippen LogP contribution in [0.3, 0.4) is 0 Å². The Balaban J connectivity index is 3.44. The lowest BCUT2D eigenvalue weighted by Crippen LogP contribution is -2.09. The third-order valence-corrected chi connectivity index (χ3v) is 2.64. The van der Waals surface area contributed by atoms with Crippen LogP contribution in [-0.2, 0) is 0 Å². The summed E-state index contributed by atoms with van der Waals surface area (Å²) in [4.78, 5) is 0. The van der Waals surface area contributed by atoms with E-state index in [9.17, 15) is 9.50 Å². The van der Waals surface area contributed by atoms with E-state index in [1.165, 1.54) is 7.11 Å². The Kier molecular flexibility index (Phi) is 3.34. The van der Waals surface area contributed by atoms with Crippen LogP contribution in [0.4, 0.5) is 4.39 Å². The van der Waals surface area contributed by atoms with Gasteiger partial charge in [-0.3, -0.25) is 0 Å². The van der Waals surface area contributed by atoms with E-state index in [-0.39, 0.29) is 11.5 Å². The van der Waals surface area contributed by atoms with Crippen LogP contribution in [0.15, 0.2) is 10.5 Å². The lowest BCUT2D eigenvalue weighted by atomic mass is 10.1. The Labute approximate surface area is 89.8 Å². The molecule has 0 fully saturated rings. The smallest absolute Gasteiger partial charge is 0.175 e. The van der Waals surface area contributed by atoms with Gasteiger partial charge in [-0.15, -0.1) is 0 Å². The number of nitrogens with two attached hydrogens (primary N) is 1. The van der Waals surface area contributed by atoms with Gasteiger partial charge in [-0.2, -0.15) is 0 Å². The molecule has 14 heavy (non-hydrogen) atoms. The molecule has 0 heterocycles. The highest BCUT2D eigenvalue weighted by Gasteiger charge is 2.19. The summed E-state index contributed by atoms with van der Waals surface area (Å²) in [6, 6.07) is 0.515. The predicted molar refractivity (Wildman–Crippen MR) is 54.9 cm³/mol. The Hall–Kier alpha value is -0.810. The van der Waals surface area contributed by atoms with E-state index in [0.29, 0.717) is 10.0 Å². The van der Waals surface area contributed by atoms with Gasteiger partial charge in [0.1, 0.15) is 5.82 Å². The maximum atomic E-state index is 13.4. The molecule has 1 aromatic rings. The average molecular weight is 264 g/mol. The van der Waals surface area contributed by atoms with Crippen molar-refractivity contribution in [2.45, 2.75) is 13.0 Å². The van der Waals surface area contributed by atoms with E-state index in [1.54, 1.807) is 6.92 Å². The lowest BCUT2D eigenvalue weighted by molar-refractivity contribution is 0.366.